The average molecular weight is 256 g/mol. The van der Waals surface area contributed by atoms with Crippen LogP contribution in [-0.4, -0.2) is 49.2 Å². The lowest BCUT2D eigenvalue weighted by atomic mass is 10.0. The Bertz CT molecular complexity index is 267. The van der Waals surface area contributed by atoms with Crippen molar-refractivity contribution in [3.63, 3.8) is 0 Å². The molecule has 0 heterocycles. The standard InChI is InChI=1S/C14H28N2O2/c1-5-7-10-16(6-2)11-14(3,13(17)18-4)15-12-8-9-12/h12,15H,5-11H2,1-4H3. The molecule has 1 aliphatic rings. The number of ether oxygens (including phenoxy) is 1. The molecule has 0 saturated heterocycles. The number of nitrogens with one attached hydrogen (secondary N) is 1. The average Bonchev–Trinajstić information content (AvgIpc) is 3.17. The zero-order chi connectivity index (χ0) is 13.6. The molecule has 0 aromatic rings. The minimum absolute atomic E-state index is 0.149. The first-order valence-corrected chi connectivity index (χ1v) is 7.14. The normalized spacial score (nSPS) is 18.7. The number of carbonyl (C=O) groups is 1. The van der Waals surface area contributed by atoms with Gasteiger partial charge in [0.1, 0.15) is 5.54 Å². The van der Waals surface area contributed by atoms with Crippen molar-refractivity contribution in [3.8, 4) is 0 Å². The fraction of sp³-hybridized carbons (Fsp3) is 0.929. The van der Waals surface area contributed by atoms with E-state index in [-0.39, 0.29) is 5.97 Å². The van der Waals surface area contributed by atoms with Crippen LogP contribution in [0.1, 0.15) is 46.5 Å². The van der Waals surface area contributed by atoms with Gasteiger partial charge in [-0.1, -0.05) is 20.3 Å². The summed E-state index contributed by atoms with van der Waals surface area (Å²) in [5.74, 6) is -0.149. The summed E-state index contributed by atoms with van der Waals surface area (Å²) in [7, 11) is 1.47. The van der Waals surface area contributed by atoms with E-state index in [1.54, 1.807) is 0 Å². The Morgan fingerprint density at radius 1 is 1.44 bits per heavy atom. The lowest BCUT2D eigenvalue weighted by Crippen LogP contribution is -2.58. The molecule has 0 aliphatic heterocycles. The molecule has 1 fully saturated rings. The topological polar surface area (TPSA) is 41.6 Å². The maximum absolute atomic E-state index is 12.0. The highest BCUT2D eigenvalue weighted by Crippen LogP contribution is 2.23. The van der Waals surface area contributed by atoms with E-state index in [0.717, 1.165) is 19.6 Å². The van der Waals surface area contributed by atoms with E-state index in [9.17, 15) is 4.79 Å². The molecule has 0 amide bonds. The lowest BCUT2D eigenvalue weighted by molar-refractivity contribution is -0.148. The number of nitrogens with zero attached hydrogens (tertiary/aromatic N) is 1. The Kier molecular flexibility index (Phi) is 6.09. The molecule has 1 rings (SSSR count). The van der Waals surface area contributed by atoms with Gasteiger partial charge in [0.25, 0.3) is 0 Å². The van der Waals surface area contributed by atoms with Gasteiger partial charge >= 0.3 is 5.97 Å². The molecule has 1 N–H and O–H groups in total. The van der Waals surface area contributed by atoms with Crippen LogP contribution >= 0.6 is 0 Å². The van der Waals surface area contributed by atoms with E-state index >= 15 is 0 Å². The summed E-state index contributed by atoms with van der Waals surface area (Å²) >= 11 is 0. The van der Waals surface area contributed by atoms with Crippen molar-refractivity contribution in [3.05, 3.63) is 0 Å². The Labute approximate surface area is 111 Å². The Morgan fingerprint density at radius 2 is 2.11 bits per heavy atom. The third kappa shape index (κ3) is 4.58. The maximum atomic E-state index is 12.0. The highest BCUT2D eigenvalue weighted by atomic mass is 16.5. The van der Waals surface area contributed by atoms with Crippen molar-refractivity contribution < 1.29 is 9.53 Å². The minimum Gasteiger partial charge on any atom is -0.468 e. The van der Waals surface area contributed by atoms with Crippen molar-refractivity contribution in [1.82, 2.24) is 10.2 Å². The fourth-order valence-electron chi connectivity index (χ4n) is 2.25. The summed E-state index contributed by atoms with van der Waals surface area (Å²) in [6.07, 6.45) is 4.71. The zero-order valence-corrected chi connectivity index (χ0v) is 12.3. The van der Waals surface area contributed by atoms with Gasteiger partial charge in [-0.25, -0.2) is 0 Å². The van der Waals surface area contributed by atoms with E-state index in [1.807, 2.05) is 6.92 Å². The third-order valence-corrected chi connectivity index (χ3v) is 3.55. The van der Waals surface area contributed by atoms with Crippen LogP contribution in [0.4, 0.5) is 0 Å². The van der Waals surface area contributed by atoms with Crippen molar-refractivity contribution in [2.24, 2.45) is 0 Å². The molecule has 1 atom stereocenters. The van der Waals surface area contributed by atoms with Crippen molar-refractivity contribution in [1.29, 1.82) is 0 Å². The quantitative estimate of drug-likeness (QED) is 0.639. The lowest BCUT2D eigenvalue weighted by Gasteiger charge is -2.33. The van der Waals surface area contributed by atoms with Crippen LogP contribution in [0.25, 0.3) is 0 Å². The molecule has 4 nitrogen and oxygen atoms in total. The van der Waals surface area contributed by atoms with Gasteiger partial charge < -0.3 is 9.64 Å². The summed E-state index contributed by atoms with van der Waals surface area (Å²) in [5.41, 5.74) is -0.570. The smallest absolute Gasteiger partial charge is 0.327 e. The van der Waals surface area contributed by atoms with Gasteiger partial charge in [0, 0.05) is 12.6 Å². The van der Waals surface area contributed by atoms with Crippen LogP contribution in [0.15, 0.2) is 0 Å². The molecule has 1 unspecified atom stereocenters. The molecule has 1 saturated carbocycles. The first-order chi connectivity index (χ1) is 8.55. The number of hydrogen-bond donors (Lipinski definition) is 1. The summed E-state index contributed by atoms with van der Waals surface area (Å²) in [6, 6.07) is 0.499. The van der Waals surface area contributed by atoms with Gasteiger partial charge in [-0.2, -0.15) is 0 Å². The Balaban J connectivity index is 2.59. The Hall–Kier alpha value is -0.610. The van der Waals surface area contributed by atoms with Crippen molar-refractivity contribution in [2.75, 3.05) is 26.7 Å². The molecular weight excluding hydrogens is 228 g/mol. The number of esters is 1. The second-order valence-electron chi connectivity index (χ2n) is 5.46. The number of rotatable bonds is 9. The van der Waals surface area contributed by atoms with Gasteiger partial charge in [0.2, 0.25) is 0 Å². The largest absolute Gasteiger partial charge is 0.468 e. The molecule has 0 bridgehead atoms. The predicted molar refractivity (Wildman–Crippen MR) is 73.6 cm³/mol. The molecule has 18 heavy (non-hydrogen) atoms. The number of carbonyl (C=O) groups excluding carboxylic acids is 1. The maximum Gasteiger partial charge on any atom is 0.327 e. The van der Waals surface area contributed by atoms with Gasteiger partial charge in [0.05, 0.1) is 7.11 Å². The SMILES string of the molecule is CCCCN(CC)CC(C)(NC1CC1)C(=O)OC. The van der Waals surface area contributed by atoms with Gasteiger partial charge in [-0.15, -0.1) is 0 Å². The molecule has 0 aromatic carbocycles. The monoisotopic (exact) mass is 256 g/mol. The first kappa shape index (κ1) is 15.4. The van der Waals surface area contributed by atoms with Crippen LogP contribution in [0.2, 0.25) is 0 Å². The van der Waals surface area contributed by atoms with E-state index in [1.165, 1.54) is 32.8 Å². The van der Waals surface area contributed by atoms with Crippen LogP contribution in [0, 0.1) is 0 Å². The van der Waals surface area contributed by atoms with Gasteiger partial charge in [-0.3, -0.25) is 10.1 Å². The fourth-order valence-corrected chi connectivity index (χ4v) is 2.25. The molecular formula is C14H28N2O2. The van der Waals surface area contributed by atoms with Crippen molar-refractivity contribution >= 4 is 5.97 Å². The molecule has 106 valence electrons. The summed E-state index contributed by atoms with van der Waals surface area (Å²) in [4.78, 5) is 14.3. The van der Waals surface area contributed by atoms with Crippen molar-refractivity contribution in [2.45, 2.75) is 58.0 Å². The second kappa shape index (κ2) is 7.10. The molecule has 4 heteroatoms. The Morgan fingerprint density at radius 3 is 2.56 bits per heavy atom. The number of methoxy groups -OCH3 is 1. The molecule has 0 aromatic heterocycles. The van der Waals surface area contributed by atoms with E-state index in [2.05, 4.69) is 24.1 Å². The number of hydrogen-bond acceptors (Lipinski definition) is 4. The second-order valence-corrected chi connectivity index (χ2v) is 5.46. The van der Waals surface area contributed by atoms with Crippen LogP contribution < -0.4 is 5.32 Å². The molecule has 0 radical (unpaired) electrons. The summed E-state index contributed by atoms with van der Waals surface area (Å²) in [6.45, 7) is 9.05. The van der Waals surface area contributed by atoms with Crippen LogP contribution in [-0.2, 0) is 9.53 Å². The molecule has 1 aliphatic carbocycles. The van der Waals surface area contributed by atoms with E-state index < -0.39 is 5.54 Å². The number of likely N-dealkylation sites (N-methyl/N-ethyl adjacent to an activating group) is 1. The minimum atomic E-state index is -0.570. The summed E-state index contributed by atoms with van der Waals surface area (Å²) < 4.78 is 4.97. The highest BCUT2D eigenvalue weighted by molar-refractivity contribution is 5.80. The third-order valence-electron chi connectivity index (χ3n) is 3.55. The van der Waals surface area contributed by atoms with Crippen LogP contribution in [0.5, 0.6) is 0 Å². The van der Waals surface area contributed by atoms with Crippen LogP contribution in [0.3, 0.4) is 0 Å². The van der Waals surface area contributed by atoms with E-state index in [4.69, 9.17) is 4.74 Å². The number of unbranched alkanes of at least 4 members (excludes halogenated alkanes) is 1. The van der Waals surface area contributed by atoms with Gasteiger partial charge in [-0.05, 0) is 39.3 Å². The first-order valence-electron chi connectivity index (χ1n) is 7.14. The zero-order valence-electron chi connectivity index (χ0n) is 12.3. The van der Waals surface area contributed by atoms with E-state index in [0.29, 0.717) is 6.04 Å². The highest BCUT2D eigenvalue weighted by Gasteiger charge is 2.40. The molecule has 0 spiro atoms. The predicted octanol–water partition coefficient (Wildman–Crippen LogP) is 1.79. The van der Waals surface area contributed by atoms with Gasteiger partial charge in [0.15, 0.2) is 0 Å². The summed E-state index contributed by atoms with van der Waals surface area (Å²) in [5, 5.41) is 3.44.